The summed E-state index contributed by atoms with van der Waals surface area (Å²) in [7, 11) is 0. The topological polar surface area (TPSA) is 114 Å². The number of anilines is 3. The second-order valence-electron chi connectivity index (χ2n) is 7.49. The summed E-state index contributed by atoms with van der Waals surface area (Å²) >= 11 is 0. The van der Waals surface area contributed by atoms with Crippen molar-refractivity contribution in [2.24, 2.45) is 0 Å². The quantitative estimate of drug-likeness (QED) is 0.324. The fraction of sp³-hybridized carbons (Fsp3) is 0.0769. The first kappa shape index (κ1) is 21.9. The molecule has 0 fully saturated rings. The van der Waals surface area contributed by atoms with E-state index in [0.29, 0.717) is 23.0 Å². The molecule has 9 heteroatoms. The van der Waals surface area contributed by atoms with Crippen LogP contribution >= 0.6 is 0 Å². The van der Waals surface area contributed by atoms with E-state index in [1.54, 1.807) is 24.4 Å². The highest BCUT2D eigenvalue weighted by Crippen LogP contribution is 2.28. The van der Waals surface area contributed by atoms with Crippen LogP contribution in [0.3, 0.4) is 0 Å². The van der Waals surface area contributed by atoms with Crippen LogP contribution in [0.25, 0.3) is 16.6 Å². The summed E-state index contributed by atoms with van der Waals surface area (Å²) in [5.41, 5.74) is 2.91. The lowest BCUT2D eigenvalue weighted by molar-refractivity contribution is -0.111. The van der Waals surface area contributed by atoms with Crippen LogP contribution in [0.4, 0.5) is 17.2 Å². The van der Waals surface area contributed by atoms with Crippen LogP contribution in [0.2, 0.25) is 0 Å². The molecule has 5 rings (SSSR count). The minimum Gasteiger partial charge on any atom is -0.457 e. The molecule has 0 bridgehead atoms. The van der Waals surface area contributed by atoms with E-state index >= 15 is 0 Å². The number of ether oxygens (including phenoxy) is 1. The van der Waals surface area contributed by atoms with E-state index in [-0.39, 0.29) is 13.0 Å². The van der Waals surface area contributed by atoms with Crippen molar-refractivity contribution in [1.82, 2.24) is 19.4 Å². The maximum absolute atomic E-state index is 12.0. The molecule has 5 aromatic rings. The van der Waals surface area contributed by atoms with Crippen molar-refractivity contribution in [2.75, 3.05) is 17.2 Å². The van der Waals surface area contributed by atoms with Gasteiger partial charge in [0.1, 0.15) is 29.3 Å². The van der Waals surface area contributed by atoms with Crippen molar-refractivity contribution in [3.8, 4) is 23.3 Å². The fourth-order valence-corrected chi connectivity index (χ4v) is 3.43. The van der Waals surface area contributed by atoms with Crippen molar-refractivity contribution in [3.63, 3.8) is 0 Å². The van der Waals surface area contributed by atoms with E-state index in [0.717, 1.165) is 22.2 Å². The molecule has 3 N–H and O–H groups in total. The summed E-state index contributed by atoms with van der Waals surface area (Å²) in [4.78, 5) is 24.9. The van der Waals surface area contributed by atoms with Gasteiger partial charge in [-0.05, 0) is 54.5 Å². The third kappa shape index (κ3) is 5.19. The van der Waals surface area contributed by atoms with Gasteiger partial charge in [-0.25, -0.2) is 15.0 Å². The van der Waals surface area contributed by atoms with Crippen LogP contribution in [-0.2, 0) is 4.79 Å². The highest BCUT2D eigenvalue weighted by Gasteiger charge is 2.08. The lowest BCUT2D eigenvalue weighted by atomic mass is 10.2. The first-order valence-electron chi connectivity index (χ1n) is 10.8. The highest BCUT2D eigenvalue weighted by atomic mass is 16.5. The van der Waals surface area contributed by atoms with Gasteiger partial charge in [0, 0.05) is 47.8 Å². The molecule has 2 aromatic carbocycles. The Morgan fingerprint density at radius 2 is 1.83 bits per heavy atom. The number of carbonyl (C=O) groups excluding carboxylic acids is 1. The molecule has 0 unspecified atom stereocenters. The average molecular weight is 464 g/mol. The zero-order chi connectivity index (χ0) is 24.0. The Morgan fingerprint density at radius 3 is 2.69 bits per heavy atom. The molecule has 0 atom stereocenters. The van der Waals surface area contributed by atoms with Crippen molar-refractivity contribution in [3.05, 3.63) is 79.5 Å². The summed E-state index contributed by atoms with van der Waals surface area (Å²) in [6, 6.07) is 16.6. The van der Waals surface area contributed by atoms with Crippen molar-refractivity contribution in [1.29, 1.82) is 0 Å². The number of nitrogens with zero attached hydrogens (tertiary/aromatic N) is 4. The Balaban J connectivity index is 1.32. The van der Waals surface area contributed by atoms with Crippen LogP contribution < -0.4 is 15.4 Å². The molecular weight excluding hydrogens is 444 g/mol. The second-order valence-corrected chi connectivity index (χ2v) is 7.49. The van der Waals surface area contributed by atoms with Gasteiger partial charge in [-0.3, -0.25) is 4.79 Å². The zero-order valence-corrected chi connectivity index (χ0v) is 18.5. The van der Waals surface area contributed by atoms with Crippen molar-refractivity contribution in [2.45, 2.75) is 6.42 Å². The number of fused-ring (bicyclic) bond motifs is 2. The van der Waals surface area contributed by atoms with Gasteiger partial charge in [0.2, 0.25) is 0 Å². The number of imidazole rings is 1. The number of amides is 1. The molecule has 35 heavy (non-hydrogen) atoms. The fourth-order valence-electron chi connectivity index (χ4n) is 3.43. The van der Waals surface area contributed by atoms with E-state index in [1.807, 2.05) is 53.2 Å². The van der Waals surface area contributed by atoms with Gasteiger partial charge in [0.25, 0.3) is 5.91 Å². The van der Waals surface area contributed by atoms with E-state index in [1.165, 1.54) is 6.33 Å². The Bertz CT molecular complexity index is 1570. The summed E-state index contributed by atoms with van der Waals surface area (Å²) in [6.45, 7) is -0.0865. The second kappa shape index (κ2) is 9.91. The number of rotatable bonds is 6. The standard InChI is InChI=1S/C26H20N6O3/c33-14-2-1-3-25(34)30-19-6-9-23-22(15-19)26(29-17-28-23)31-18-4-7-20(8-5-18)35-21-10-12-32-13-11-27-24(32)16-21/h4-13,15-17,33H,2,14H2,(H,30,34)(H,28,29,31). The third-order valence-electron chi connectivity index (χ3n) is 5.05. The number of hydrogen-bond donors (Lipinski definition) is 3. The van der Waals surface area contributed by atoms with E-state index in [4.69, 9.17) is 9.84 Å². The molecule has 1 amide bonds. The highest BCUT2D eigenvalue weighted by molar-refractivity contribution is 6.05. The van der Waals surface area contributed by atoms with Crippen molar-refractivity contribution < 1.29 is 14.6 Å². The largest absolute Gasteiger partial charge is 0.457 e. The average Bonchev–Trinajstić information content (AvgIpc) is 3.34. The Kier molecular flexibility index (Phi) is 6.19. The van der Waals surface area contributed by atoms with Crippen LogP contribution in [0.5, 0.6) is 11.5 Å². The first-order valence-corrected chi connectivity index (χ1v) is 10.8. The molecule has 0 saturated heterocycles. The zero-order valence-electron chi connectivity index (χ0n) is 18.5. The Morgan fingerprint density at radius 1 is 0.971 bits per heavy atom. The van der Waals surface area contributed by atoms with E-state index in [2.05, 4.69) is 37.4 Å². The molecule has 172 valence electrons. The molecule has 0 aliphatic rings. The molecule has 0 radical (unpaired) electrons. The van der Waals surface area contributed by atoms with Gasteiger partial charge in [-0.15, -0.1) is 0 Å². The third-order valence-corrected chi connectivity index (χ3v) is 5.05. The minimum atomic E-state index is -0.452. The molecule has 3 heterocycles. The number of benzene rings is 2. The monoisotopic (exact) mass is 464 g/mol. The number of aromatic nitrogens is 4. The van der Waals surface area contributed by atoms with Crippen LogP contribution in [-0.4, -0.2) is 37.0 Å². The molecule has 0 aliphatic heterocycles. The van der Waals surface area contributed by atoms with Gasteiger partial charge in [-0.2, -0.15) is 0 Å². The summed E-state index contributed by atoms with van der Waals surface area (Å²) < 4.78 is 7.86. The van der Waals surface area contributed by atoms with Gasteiger partial charge in [0.15, 0.2) is 0 Å². The lowest BCUT2D eigenvalue weighted by Gasteiger charge is -2.11. The number of nitrogens with one attached hydrogen (secondary N) is 2. The maximum atomic E-state index is 12.0. The van der Waals surface area contributed by atoms with Crippen molar-refractivity contribution >= 4 is 39.6 Å². The molecule has 0 aliphatic carbocycles. The molecule has 0 spiro atoms. The normalized spacial score (nSPS) is 10.5. The number of hydrogen-bond acceptors (Lipinski definition) is 7. The number of aliphatic hydroxyl groups is 1. The SMILES string of the molecule is O=C(C#CCCO)Nc1ccc2ncnc(Nc3ccc(Oc4ccn5ccnc5c4)cc3)c2c1. The van der Waals surface area contributed by atoms with Gasteiger partial charge in [-0.1, -0.05) is 5.92 Å². The predicted molar refractivity (Wildman–Crippen MR) is 133 cm³/mol. The molecular formula is C26H20N6O3. The van der Waals surface area contributed by atoms with Crippen LogP contribution in [0.15, 0.2) is 79.5 Å². The molecule has 0 saturated carbocycles. The molecule has 9 nitrogen and oxygen atoms in total. The summed E-state index contributed by atoms with van der Waals surface area (Å²) in [5.74, 6) is 6.56. The number of aliphatic hydroxyl groups excluding tert-OH is 1. The Labute approximate surface area is 200 Å². The smallest absolute Gasteiger partial charge is 0.300 e. The summed E-state index contributed by atoms with van der Waals surface area (Å²) in [6.07, 6.45) is 7.23. The van der Waals surface area contributed by atoms with E-state index < -0.39 is 5.91 Å². The predicted octanol–water partition coefficient (Wildman–Crippen LogP) is 4.14. The summed E-state index contributed by atoms with van der Waals surface area (Å²) in [5, 5.41) is 15.5. The van der Waals surface area contributed by atoms with Gasteiger partial charge in [0.05, 0.1) is 12.1 Å². The minimum absolute atomic E-state index is 0.0865. The number of pyridine rings is 1. The molecule has 3 aromatic heterocycles. The first-order chi connectivity index (χ1) is 17.2. The van der Waals surface area contributed by atoms with E-state index in [9.17, 15) is 4.79 Å². The maximum Gasteiger partial charge on any atom is 0.300 e. The lowest BCUT2D eigenvalue weighted by Crippen LogP contribution is -2.08. The number of carbonyl (C=O) groups is 1. The van der Waals surface area contributed by atoms with Crippen LogP contribution in [0, 0.1) is 11.8 Å². The van der Waals surface area contributed by atoms with Gasteiger partial charge >= 0.3 is 0 Å². The Hall–Kier alpha value is -4.94. The van der Waals surface area contributed by atoms with Crippen LogP contribution in [0.1, 0.15) is 6.42 Å². The van der Waals surface area contributed by atoms with Gasteiger partial charge < -0.3 is 24.9 Å².